The number of aromatic nitrogens is 2. The highest BCUT2D eigenvalue weighted by Crippen LogP contribution is 2.42. The molecule has 7 heteroatoms. The second-order valence-electron chi connectivity index (χ2n) is 4.12. The molecule has 0 N–H and O–H groups in total. The van der Waals surface area contributed by atoms with E-state index in [0.29, 0.717) is 11.4 Å². The molecule has 18 heavy (non-hydrogen) atoms. The third-order valence-electron chi connectivity index (χ3n) is 3.10. The van der Waals surface area contributed by atoms with Crippen LogP contribution in [0.2, 0.25) is 0 Å². The Morgan fingerprint density at radius 1 is 1.28 bits per heavy atom. The molecule has 0 saturated heterocycles. The van der Waals surface area contributed by atoms with Gasteiger partial charge in [-0.1, -0.05) is 15.9 Å². The number of benzene rings is 1. The average Bonchev–Trinajstić information content (AvgIpc) is 2.69. The summed E-state index contributed by atoms with van der Waals surface area (Å²) >= 11 is 3.41. The van der Waals surface area contributed by atoms with Gasteiger partial charge in [0.1, 0.15) is 4.90 Å². The molecule has 0 atom stereocenters. The summed E-state index contributed by atoms with van der Waals surface area (Å²) in [5, 5.41) is 4.05. The Morgan fingerprint density at radius 2 is 2.00 bits per heavy atom. The predicted octanol–water partition coefficient (Wildman–Crippen LogP) is 1.99. The van der Waals surface area contributed by atoms with Crippen LogP contribution in [0.4, 0.5) is 5.69 Å². The highest BCUT2D eigenvalue weighted by atomic mass is 79.9. The van der Waals surface area contributed by atoms with Crippen molar-refractivity contribution in [2.75, 3.05) is 11.4 Å². The van der Waals surface area contributed by atoms with Gasteiger partial charge in [-0.05, 0) is 18.2 Å². The molecule has 1 aromatic heterocycles. The van der Waals surface area contributed by atoms with Gasteiger partial charge >= 0.3 is 0 Å². The van der Waals surface area contributed by atoms with E-state index in [4.69, 9.17) is 0 Å². The topological polar surface area (TPSA) is 55.2 Å². The summed E-state index contributed by atoms with van der Waals surface area (Å²) in [7, 11) is -0.197. The maximum absolute atomic E-state index is 12.3. The van der Waals surface area contributed by atoms with Crippen molar-refractivity contribution in [3.05, 3.63) is 28.9 Å². The van der Waals surface area contributed by atoms with Crippen LogP contribution in [0.1, 0.15) is 0 Å². The Balaban J connectivity index is 2.47. The highest BCUT2D eigenvalue weighted by Gasteiger charge is 2.35. The SMILES string of the molecule is CN1c2ccc(Br)cc2-c2c(cnn2C)S1(=O)=O. The number of halogens is 1. The van der Waals surface area contributed by atoms with Gasteiger partial charge in [0.2, 0.25) is 0 Å². The number of hydrogen-bond acceptors (Lipinski definition) is 3. The first-order chi connectivity index (χ1) is 8.43. The summed E-state index contributed by atoms with van der Waals surface area (Å²) in [6.45, 7) is 0. The van der Waals surface area contributed by atoms with E-state index in [2.05, 4.69) is 21.0 Å². The van der Waals surface area contributed by atoms with Crippen LogP contribution >= 0.6 is 15.9 Å². The lowest BCUT2D eigenvalue weighted by molar-refractivity contribution is 0.593. The minimum Gasteiger partial charge on any atom is -0.269 e. The first kappa shape index (κ1) is 11.7. The molecule has 5 nitrogen and oxygen atoms in total. The van der Waals surface area contributed by atoms with Gasteiger partial charge < -0.3 is 0 Å². The molecule has 1 aliphatic rings. The number of aryl methyl sites for hydroxylation is 1. The smallest absolute Gasteiger partial charge is 0.267 e. The van der Waals surface area contributed by atoms with Crippen LogP contribution < -0.4 is 4.31 Å². The molecule has 0 fully saturated rings. The minimum atomic E-state index is -3.49. The molecule has 0 unspecified atom stereocenters. The summed E-state index contributed by atoms with van der Waals surface area (Å²) in [6.07, 6.45) is 1.39. The van der Waals surface area contributed by atoms with Crippen LogP contribution in [0, 0.1) is 0 Å². The molecule has 1 aromatic carbocycles. The van der Waals surface area contributed by atoms with Gasteiger partial charge in [0.05, 0.1) is 17.6 Å². The van der Waals surface area contributed by atoms with Crippen molar-refractivity contribution in [1.29, 1.82) is 0 Å². The molecule has 1 aliphatic heterocycles. The van der Waals surface area contributed by atoms with E-state index in [0.717, 1.165) is 10.0 Å². The van der Waals surface area contributed by atoms with E-state index in [1.54, 1.807) is 24.8 Å². The predicted molar refractivity (Wildman–Crippen MR) is 71.9 cm³/mol. The molecule has 0 aliphatic carbocycles. The first-order valence-electron chi connectivity index (χ1n) is 5.24. The van der Waals surface area contributed by atoms with Crippen LogP contribution in [-0.4, -0.2) is 25.2 Å². The van der Waals surface area contributed by atoms with Gasteiger partial charge in [-0.15, -0.1) is 0 Å². The summed E-state index contributed by atoms with van der Waals surface area (Å²) in [5.41, 5.74) is 2.15. The Hall–Kier alpha value is -1.34. The molecular weight excluding hydrogens is 318 g/mol. The summed E-state index contributed by atoms with van der Waals surface area (Å²) < 4.78 is 28.4. The molecule has 0 spiro atoms. The second-order valence-corrected chi connectivity index (χ2v) is 6.97. The standard InChI is InChI=1S/C11H10BrN3O2S/c1-14-11-8-5-7(12)3-4-9(8)15(2)18(16,17)10(11)6-13-14/h3-6H,1-2H3. The molecule has 0 radical (unpaired) electrons. The van der Waals surface area contributed by atoms with Gasteiger partial charge in [0, 0.05) is 24.1 Å². The third kappa shape index (κ3) is 1.37. The summed E-state index contributed by atoms with van der Waals surface area (Å²) in [4.78, 5) is 0.248. The molecule has 2 aromatic rings. The lowest BCUT2D eigenvalue weighted by atomic mass is 10.1. The van der Waals surface area contributed by atoms with E-state index in [1.165, 1.54) is 10.5 Å². The Morgan fingerprint density at radius 3 is 2.72 bits per heavy atom. The minimum absolute atomic E-state index is 0.248. The van der Waals surface area contributed by atoms with Gasteiger partial charge in [-0.2, -0.15) is 5.10 Å². The van der Waals surface area contributed by atoms with Crippen LogP contribution in [-0.2, 0) is 17.1 Å². The molecule has 0 amide bonds. The van der Waals surface area contributed by atoms with Crippen molar-refractivity contribution in [3.63, 3.8) is 0 Å². The highest BCUT2D eigenvalue weighted by molar-refractivity contribution is 9.10. The first-order valence-corrected chi connectivity index (χ1v) is 7.47. The number of sulfonamides is 1. The lowest BCUT2D eigenvalue weighted by Gasteiger charge is -2.27. The zero-order valence-corrected chi connectivity index (χ0v) is 12.2. The van der Waals surface area contributed by atoms with E-state index in [1.807, 2.05) is 12.1 Å². The average molecular weight is 328 g/mol. The van der Waals surface area contributed by atoms with Crippen molar-refractivity contribution in [1.82, 2.24) is 9.78 Å². The van der Waals surface area contributed by atoms with Crippen molar-refractivity contribution >= 4 is 31.6 Å². The second kappa shape index (κ2) is 3.58. The number of hydrogen-bond donors (Lipinski definition) is 0. The van der Waals surface area contributed by atoms with E-state index < -0.39 is 10.0 Å². The summed E-state index contributed by atoms with van der Waals surface area (Å²) in [6, 6.07) is 5.51. The lowest BCUT2D eigenvalue weighted by Crippen LogP contribution is -2.30. The zero-order chi connectivity index (χ0) is 13.1. The third-order valence-corrected chi connectivity index (χ3v) is 5.36. The molecule has 2 heterocycles. The van der Waals surface area contributed by atoms with Gasteiger partial charge in [0.15, 0.2) is 0 Å². The fourth-order valence-corrected chi connectivity index (χ4v) is 3.90. The van der Waals surface area contributed by atoms with Crippen LogP contribution in [0.5, 0.6) is 0 Å². The number of anilines is 1. The summed E-state index contributed by atoms with van der Waals surface area (Å²) in [5.74, 6) is 0. The number of fused-ring (bicyclic) bond motifs is 3. The van der Waals surface area contributed by atoms with Crippen molar-refractivity contribution in [2.24, 2.45) is 7.05 Å². The van der Waals surface area contributed by atoms with E-state index in [-0.39, 0.29) is 4.90 Å². The fourth-order valence-electron chi connectivity index (χ4n) is 2.16. The van der Waals surface area contributed by atoms with Gasteiger partial charge in [0.25, 0.3) is 10.0 Å². The number of rotatable bonds is 0. The van der Waals surface area contributed by atoms with Crippen molar-refractivity contribution in [3.8, 4) is 11.3 Å². The fraction of sp³-hybridized carbons (Fsp3) is 0.182. The van der Waals surface area contributed by atoms with Gasteiger partial charge in [-0.25, -0.2) is 8.42 Å². The van der Waals surface area contributed by atoms with Crippen molar-refractivity contribution in [2.45, 2.75) is 4.90 Å². The molecular formula is C11H10BrN3O2S. The maximum atomic E-state index is 12.3. The van der Waals surface area contributed by atoms with Crippen molar-refractivity contribution < 1.29 is 8.42 Å². The molecule has 0 bridgehead atoms. The van der Waals surface area contributed by atoms with Crippen LogP contribution in [0.25, 0.3) is 11.3 Å². The van der Waals surface area contributed by atoms with Crippen LogP contribution in [0.3, 0.4) is 0 Å². The normalized spacial score (nSPS) is 16.3. The zero-order valence-electron chi connectivity index (χ0n) is 9.75. The Bertz CT molecular complexity index is 752. The van der Waals surface area contributed by atoms with Gasteiger partial charge in [-0.3, -0.25) is 8.99 Å². The molecule has 94 valence electrons. The largest absolute Gasteiger partial charge is 0.269 e. The Kier molecular flexibility index (Phi) is 2.33. The molecule has 3 rings (SSSR count). The Labute approximate surface area is 113 Å². The number of nitrogens with zero attached hydrogens (tertiary/aromatic N) is 3. The molecule has 0 saturated carbocycles. The monoisotopic (exact) mass is 327 g/mol. The van der Waals surface area contributed by atoms with Crippen LogP contribution in [0.15, 0.2) is 33.8 Å². The maximum Gasteiger partial charge on any atom is 0.267 e. The van der Waals surface area contributed by atoms with E-state index >= 15 is 0 Å². The quantitative estimate of drug-likeness (QED) is 0.743. The van der Waals surface area contributed by atoms with E-state index in [9.17, 15) is 8.42 Å².